The van der Waals surface area contributed by atoms with Gasteiger partial charge in [0.2, 0.25) is 0 Å². The van der Waals surface area contributed by atoms with Crippen LogP contribution in [0.2, 0.25) is 0 Å². The molecule has 1 atom stereocenters. The van der Waals surface area contributed by atoms with E-state index in [1.165, 1.54) is 19.3 Å². The molecule has 0 saturated carbocycles. The maximum absolute atomic E-state index is 10.7. The Morgan fingerprint density at radius 1 is 1.18 bits per heavy atom. The van der Waals surface area contributed by atoms with E-state index in [2.05, 4.69) is 46.6 Å². The first-order valence-corrected chi connectivity index (χ1v) is 8.79. The standard InChI is InChI=1S/C18H35NO3/c1-7-9-10-15(8-2)13-22-19-17(3,4)11-16(21-14-20)12-18(19,5)6/h14-16H,7-13H2,1-6H3. The third kappa shape index (κ3) is 5.24. The van der Waals surface area contributed by atoms with Crippen molar-refractivity contribution in [1.82, 2.24) is 5.06 Å². The molecular formula is C18H35NO3. The van der Waals surface area contributed by atoms with Crippen molar-refractivity contribution in [1.29, 1.82) is 0 Å². The van der Waals surface area contributed by atoms with Crippen LogP contribution in [0.15, 0.2) is 0 Å². The van der Waals surface area contributed by atoms with Crippen molar-refractivity contribution < 1.29 is 14.4 Å². The number of piperidine rings is 1. The Labute approximate surface area is 136 Å². The number of hydrogen-bond donors (Lipinski definition) is 0. The Hall–Kier alpha value is -0.610. The average molecular weight is 313 g/mol. The van der Waals surface area contributed by atoms with Crippen molar-refractivity contribution in [2.45, 2.75) is 97.2 Å². The van der Waals surface area contributed by atoms with Crippen LogP contribution >= 0.6 is 0 Å². The van der Waals surface area contributed by atoms with Crippen molar-refractivity contribution in [3.63, 3.8) is 0 Å². The lowest BCUT2D eigenvalue weighted by Crippen LogP contribution is -2.62. The van der Waals surface area contributed by atoms with Crippen LogP contribution < -0.4 is 0 Å². The lowest BCUT2D eigenvalue weighted by Gasteiger charge is -2.53. The van der Waals surface area contributed by atoms with Crippen molar-refractivity contribution in [2.75, 3.05) is 6.61 Å². The van der Waals surface area contributed by atoms with Crippen molar-refractivity contribution >= 4 is 6.47 Å². The fraction of sp³-hybridized carbons (Fsp3) is 0.944. The van der Waals surface area contributed by atoms with Gasteiger partial charge in [-0.05, 0) is 40.0 Å². The summed E-state index contributed by atoms with van der Waals surface area (Å²) in [5.41, 5.74) is -0.281. The van der Waals surface area contributed by atoms with Gasteiger partial charge in [0.15, 0.2) is 0 Å². The summed E-state index contributed by atoms with van der Waals surface area (Å²) in [6.07, 6.45) is 6.49. The van der Waals surface area contributed by atoms with Crippen LogP contribution in [0.5, 0.6) is 0 Å². The van der Waals surface area contributed by atoms with E-state index < -0.39 is 0 Å². The molecule has 0 spiro atoms. The van der Waals surface area contributed by atoms with Gasteiger partial charge >= 0.3 is 0 Å². The number of ether oxygens (including phenoxy) is 1. The van der Waals surface area contributed by atoms with Gasteiger partial charge in [-0.3, -0.25) is 9.63 Å². The third-order valence-corrected chi connectivity index (χ3v) is 4.78. The highest BCUT2D eigenvalue weighted by Gasteiger charge is 2.47. The largest absolute Gasteiger partial charge is 0.464 e. The monoisotopic (exact) mass is 313 g/mol. The number of hydroxylamine groups is 2. The molecule has 1 aliphatic heterocycles. The van der Waals surface area contributed by atoms with Crippen LogP contribution in [0, 0.1) is 5.92 Å². The zero-order valence-electron chi connectivity index (χ0n) is 15.4. The molecule has 1 saturated heterocycles. The lowest BCUT2D eigenvalue weighted by atomic mass is 9.80. The molecule has 130 valence electrons. The lowest BCUT2D eigenvalue weighted by molar-refractivity contribution is -0.297. The summed E-state index contributed by atoms with van der Waals surface area (Å²) in [5.74, 6) is 0.621. The minimum Gasteiger partial charge on any atom is -0.464 e. The number of unbranched alkanes of at least 4 members (excludes halogenated alkanes) is 1. The van der Waals surface area contributed by atoms with Gasteiger partial charge in [-0.1, -0.05) is 33.1 Å². The van der Waals surface area contributed by atoms with Gasteiger partial charge < -0.3 is 4.74 Å². The molecule has 0 N–H and O–H groups in total. The predicted molar refractivity (Wildman–Crippen MR) is 89.4 cm³/mol. The molecule has 0 aliphatic carbocycles. The first kappa shape index (κ1) is 19.4. The second-order valence-corrected chi connectivity index (χ2v) is 7.89. The Kier molecular flexibility index (Phi) is 7.33. The highest BCUT2D eigenvalue weighted by atomic mass is 16.7. The van der Waals surface area contributed by atoms with Gasteiger partial charge in [0, 0.05) is 23.9 Å². The molecular weight excluding hydrogens is 278 g/mol. The van der Waals surface area contributed by atoms with Gasteiger partial charge in [-0.15, -0.1) is 0 Å². The molecule has 0 amide bonds. The van der Waals surface area contributed by atoms with Gasteiger partial charge in [-0.2, -0.15) is 5.06 Å². The topological polar surface area (TPSA) is 38.8 Å². The number of carbonyl (C=O) groups excluding carboxylic acids is 1. The molecule has 4 heteroatoms. The normalized spacial score (nSPS) is 23.2. The molecule has 1 aliphatic rings. The Bertz CT molecular complexity index is 323. The second kappa shape index (κ2) is 8.30. The molecule has 1 unspecified atom stereocenters. The molecule has 22 heavy (non-hydrogen) atoms. The quantitative estimate of drug-likeness (QED) is 0.594. The molecule has 1 heterocycles. The zero-order chi connectivity index (χ0) is 16.8. The fourth-order valence-electron chi connectivity index (χ4n) is 3.77. The molecule has 4 nitrogen and oxygen atoms in total. The molecule has 0 radical (unpaired) electrons. The van der Waals surface area contributed by atoms with Crippen LogP contribution in [-0.4, -0.2) is 35.3 Å². The van der Waals surface area contributed by atoms with E-state index in [4.69, 9.17) is 9.57 Å². The molecule has 0 aromatic carbocycles. The fourth-order valence-corrected chi connectivity index (χ4v) is 3.77. The number of carbonyl (C=O) groups is 1. The van der Waals surface area contributed by atoms with E-state index in [1.807, 2.05) is 0 Å². The van der Waals surface area contributed by atoms with E-state index in [0.717, 1.165) is 25.9 Å². The van der Waals surface area contributed by atoms with Crippen molar-refractivity contribution in [2.24, 2.45) is 5.92 Å². The average Bonchev–Trinajstić information content (AvgIpc) is 2.40. The van der Waals surface area contributed by atoms with E-state index in [1.54, 1.807) is 0 Å². The maximum atomic E-state index is 10.7. The molecule has 1 rings (SSSR count). The minimum absolute atomic E-state index is 0.0237. The van der Waals surface area contributed by atoms with E-state index >= 15 is 0 Å². The van der Waals surface area contributed by atoms with Gasteiger partial charge in [0.05, 0.1) is 6.61 Å². The molecule has 0 aromatic heterocycles. The Morgan fingerprint density at radius 3 is 2.23 bits per heavy atom. The molecule has 1 fully saturated rings. The summed E-state index contributed by atoms with van der Waals surface area (Å²) in [6, 6.07) is 0. The van der Waals surface area contributed by atoms with E-state index in [9.17, 15) is 4.79 Å². The van der Waals surface area contributed by atoms with Crippen molar-refractivity contribution in [3.8, 4) is 0 Å². The SMILES string of the molecule is CCCCC(CC)CON1C(C)(C)CC(OC=O)CC1(C)C. The zero-order valence-corrected chi connectivity index (χ0v) is 15.4. The number of nitrogens with zero attached hydrogens (tertiary/aromatic N) is 1. The van der Waals surface area contributed by atoms with Crippen molar-refractivity contribution in [3.05, 3.63) is 0 Å². The molecule has 0 bridgehead atoms. The minimum atomic E-state index is -0.140. The van der Waals surface area contributed by atoms with Gasteiger partial charge in [-0.25, -0.2) is 0 Å². The predicted octanol–water partition coefficient (Wildman–Crippen LogP) is 4.33. The summed E-state index contributed by atoms with van der Waals surface area (Å²) in [5, 5.41) is 2.15. The number of rotatable bonds is 9. The van der Waals surface area contributed by atoms with E-state index in [-0.39, 0.29) is 17.2 Å². The maximum Gasteiger partial charge on any atom is 0.293 e. The highest BCUT2D eigenvalue weighted by Crippen LogP contribution is 2.39. The highest BCUT2D eigenvalue weighted by molar-refractivity contribution is 5.37. The van der Waals surface area contributed by atoms with Crippen LogP contribution in [0.25, 0.3) is 0 Å². The summed E-state index contributed by atoms with van der Waals surface area (Å²) in [6.45, 7) is 14.5. The first-order chi connectivity index (χ1) is 10.3. The second-order valence-electron chi connectivity index (χ2n) is 7.89. The van der Waals surface area contributed by atoms with Crippen LogP contribution in [0.4, 0.5) is 0 Å². The number of hydrogen-bond acceptors (Lipinski definition) is 4. The van der Waals surface area contributed by atoms with Gasteiger partial charge in [0.25, 0.3) is 6.47 Å². The Balaban J connectivity index is 2.69. The summed E-state index contributed by atoms with van der Waals surface area (Å²) in [7, 11) is 0. The summed E-state index contributed by atoms with van der Waals surface area (Å²) >= 11 is 0. The van der Waals surface area contributed by atoms with Crippen LogP contribution in [0.3, 0.4) is 0 Å². The molecule has 0 aromatic rings. The summed E-state index contributed by atoms with van der Waals surface area (Å²) < 4.78 is 5.24. The smallest absolute Gasteiger partial charge is 0.293 e. The Morgan fingerprint density at radius 2 is 1.77 bits per heavy atom. The third-order valence-electron chi connectivity index (χ3n) is 4.78. The summed E-state index contributed by atoms with van der Waals surface area (Å²) in [4.78, 5) is 16.9. The first-order valence-electron chi connectivity index (χ1n) is 8.79. The van der Waals surface area contributed by atoms with Crippen LogP contribution in [0.1, 0.15) is 80.1 Å². The van der Waals surface area contributed by atoms with Crippen LogP contribution in [-0.2, 0) is 14.4 Å². The van der Waals surface area contributed by atoms with E-state index in [0.29, 0.717) is 12.4 Å². The van der Waals surface area contributed by atoms with Gasteiger partial charge in [0.1, 0.15) is 6.10 Å².